The lowest BCUT2D eigenvalue weighted by atomic mass is 9.98. The van der Waals surface area contributed by atoms with E-state index in [0.717, 1.165) is 30.5 Å². The molecule has 3 rings (SSSR count). The summed E-state index contributed by atoms with van der Waals surface area (Å²) in [5, 5.41) is 0. The first kappa shape index (κ1) is 19.1. The SMILES string of the molecule is C=CC[C@@H](CC)[P@]1(=O)OCCCN1C(c1ccccc1)c1ccccc1. The lowest BCUT2D eigenvalue weighted by Crippen LogP contribution is -2.36. The number of hydrogen-bond acceptors (Lipinski definition) is 2. The molecule has 0 radical (unpaired) electrons. The third kappa shape index (κ3) is 3.86. The summed E-state index contributed by atoms with van der Waals surface area (Å²) in [6.07, 6.45) is 4.28. The zero-order chi connectivity index (χ0) is 18.4. The molecule has 1 heterocycles. The molecule has 1 aliphatic heterocycles. The second kappa shape index (κ2) is 8.81. The maximum Gasteiger partial charge on any atom is 0.276 e. The molecule has 138 valence electrons. The van der Waals surface area contributed by atoms with Gasteiger partial charge in [-0.25, -0.2) is 4.67 Å². The van der Waals surface area contributed by atoms with Crippen LogP contribution in [0.25, 0.3) is 0 Å². The van der Waals surface area contributed by atoms with E-state index in [2.05, 4.69) is 42.4 Å². The van der Waals surface area contributed by atoms with Gasteiger partial charge in [0.2, 0.25) is 0 Å². The fraction of sp³-hybridized carbons (Fsp3) is 0.364. The highest BCUT2D eigenvalue weighted by atomic mass is 31.2. The number of rotatable bonds is 7. The molecule has 0 amide bonds. The Labute approximate surface area is 157 Å². The molecular formula is C22H28NO2P. The summed E-state index contributed by atoms with van der Waals surface area (Å²) in [6, 6.07) is 20.6. The lowest BCUT2D eigenvalue weighted by Gasteiger charge is -2.43. The van der Waals surface area contributed by atoms with Crippen LogP contribution in [-0.2, 0) is 9.09 Å². The summed E-state index contributed by atoms with van der Waals surface area (Å²) in [5.41, 5.74) is 2.28. The summed E-state index contributed by atoms with van der Waals surface area (Å²) in [5.74, 6) is 0. The Morgan fingerprint density at radius 1 is 1.12 bits per heavy atom. The van der Waals surface area contributed by atoms with Gasteiger partial charge in [0.05, 0.1) is 18.3 Å². The Bertz CT molecular complexity index is 708. The van der Waals surface area contributed by atoms with E-state index in [1.54, 1.807) is 0 Å². The molecule has 0 N–H and O–H groups in total. The van der Waals surface area contributed by atoms with Gasteiger partial charge >= 0.3 is 0 Å². The third-order valence-electron chi connectivity index (χ3n) is 5.07. The number of hydrogen-bond donors (Lipinski definition) is 0. The number of allylic oxidation sites excluding steroid dienone is 1. The van der Waals surface area contributed by atoms with Crippen molar-refractivity contribution in [3.05, 3.63) is 84.4 Å². The standard InChI is InChI=1S/C22H28NO2P/c1-3-12-21(4-2)26(24)23(17-11-18-25-26)22(19-13-7-5-8-14-19)20-15-9-6-10-16-20/h3,5-10,13-16,21-22H,1,4,11-12,17-18H2,2H3/t21-,26+/m1/s1. The Morgan fingerprint density at radius 2 is 1.69 bits per heavy atom. The predicted octanol–water partition coefficient (Wildman–Crippen LogP) is 6.05. The second-order valence-corrected chi connectivity index (χ2v) is 9.35. The van der Waals surface area contributed by atoms with Gasteiger partial charge in [-0.1, -0.05) is 73.7 Å². The minimum Gasteiger partial charge on any atom is -0.317 e. The van der Waals surface area contributed by atoms with Crippen molar-refractivity contribution in [1.29, 1.82) is 0 Å². The Hall–Kier alpha value is -1.67. The molecule has 3 nitrogen and oxygen atoms in total. The van der Waals surface area contributed by atoms with Crippen LogP contribution < -0.4 is 0 Å². The first-order valence-electron chi connectivity index (χ1n) is 9.43. The first-order valence-corrected chi connectivity index (χ1v) is 11.1. The van der Waals surface area contributed by atoms with E-state index in [9.17, 15) is 4.57 Å². The van der Waals surface area contributed by atoms with Crippen molar-refractivity contribution in [2.45, 2.75) is 37.9 Å². The van der Waals surface area contributed by atoms with E-state index < -0.39 is 7.52 Å². The molecule has 1 aliphatic rings. The van der Waals surface area contributed by atoms with E-state index in [-0.39, 0.29) is 11.7 Å². The topological polar surface area (TPSA) is 29.5 Å². The molecule has 0 unspecified atom stereocenters. The fourth-order valence-corrected chi connectivity index (χ4v) is 6.83. The van der Waals surface area contributed by atoms with Gasteiger partial charge in [0.1, 0.15) is 0 Å². The molecule has 0 bridgehead atoms. The van der Waals surface area contributed by atoms with Crippen LogP contribution in [0.5, 0.6) is 0 Å². The van der Waals surface area contributed by atoms with Crippen LogP contribution in [0.4, 0.5) is 0 Å². The average Bonchev–Trinajstić information content (AvgIpc) is 2.69. The minimum atomic E-state index is -2.98. The minimum absolute atomic E-state index is 0.0183. The summed E-state index contributed by atoms with van der Waals surface area (Å²) < 4.78 is 22.3. The molecule has 0 saturated carbocycles. The van der Waals surface area contributed by atoms with Crippen molar-refractivity contribution in [1.82, 2.24) is 4.67 Å². The molecule has 0 aliphatic carbocycles. The fourth-order valence-electron chi connectivity index (χ4n) is 3.77. The maximum atomic E-state index is 14.1. The van der Waals surface area contributed by atoms with Gasteiger partial charge in [-0.15, -0.1) is 6.58 Å². The number of nitrogens with zero attached hydrogens (tertiary/aromatic N) is 1. The Morgan fingerprint density at radius 3 is 2.19 bits per heavy atom. The molecule has 4 heteroatoms. The van der Waals surface area contributed by atoms with Gasteiger partial charge in [0.15, 0.2) is 0 Å². The summed E-state index contributed by atoms with van der Waals surface area (Å²) in [7, 11) is -2.98. The molecule has 0 spiro atoms. The highest BCUT2D eigenvalue weighted by molar-refractivity contribution is 7.57. The van der Waals surface area contributed by atoms with E-state index >= 15 is 0 Å². The number of benzene rings is 2. The van der Waals surface area contributed by atoms with E-state index in [4.69, 9.17) is 4.52 Å². The van der Waals surface area contributed by atoms with E-state index in [1.165, 1.54) is 0 Å². The van der Waals surface area contributed by atoms with Crippen LogP contribution in [-0.4, -0.2) is 23.5 Å². The Balaban J connectivity index is 2.09. The average molecular weight is 369 g/mol. The molecule has 2 atom stereocenters. The van der Waals surface area contributed by atoms with Crippen LogP contribution in [0, 0.1) is 0 Å². The summed E-state index contributed by atoms with van der Waals surface area (Å²) in [4.78, 5) is 0. The van der Waals surface area contributed by atoms with Crippen LogP contribution >= 0.6 is 7.52 Å². The van der Waals surface area contributed by atoms with Gasteiger partial charge in [-0.2, -0.15) is 0 Å². The maximum absolute atomic E-state index is 14.1. The third-order valence-corrected chi connectivity index (χ3v) is 8.26. The van der Waals surface area contributed by atoms with E-state index in [0.29, 0.717) is 13.0 Å². The zero-order valence-electron chi connectivity index (χ0n) is 15.5. The zero-order valence-corrected chi connectivity index (χ0v) is 16.4. The van der Waals surface area contributed by atoms with Crippen LogP contribution in [0.3, 0.4) is 0 Å². The van der Waals surface area contributed by atoms with Gasteiger partial charge in [0.25, 0.3) is 7.52 Å². The summed E-state index contributed by atoms with van der Waals surface area (Å²) in [6.45, 7) is 7.30. The molecule has 26 heavy (non-hydrogen) atoms. The molecule has 1 fully saturated rings. The van der Waals surface area contributed by atoms with Crippen LogP contribution in [0.15, 0.2) is 73.3 Å². The van der Waals surface area contributed by atoms with Crippen molar-refractivity contribution in [2.24, 2.45) is 0 Å². The lowest BCUT2D eigenvalue weighted by molar-refractivity contribution is 0.182. The van der Waals surface area contributed by atoms with Gasteiger partial charge in [-0.3, -0.25) is 4.57 Å². The summed E-state index contributed by atoms with van der Waals surface area (Å²) >= 11 is 0. The van der Waals surface area contributed by atoms with Crippen molar-refractivity contribution in [3.8, 4) is 0 Å². The predicted molar refractivity (Wildman–Crippen MR) is 109 cm³/mol. The molecule has 2 aromatic rings. The second-order valence-electron chi connectivity index (χ2n) is 6.72. The normalized spacial score (nSPS) is 22.2. The highest BCUT2D eigenvalue weighted by Gasteiger charge is 2.45. The Kier molecular flexibility index (Phi) is 6.48. The smallest absolute Gasteiger partial charge is 0.276 e. The van der Waals surface area contributed by atoms with Crippen molar-refractivity contribution in [3.63, 3.8) is 0 Å². The van der Waals surface area contributed by atoms with Crippen molar-refractivity contribution < 1.29 is 9.09 Å². The van der Waals surface area contributed by atoms with Gasteiger partial charge in [0, 0.05) is 6.54 Å². The first-order chi connectivity index (χ1) is 12.7. The highest BCUT2D eigenvalue weighted by Crippen LogP contribution is 2.63. The van der Waals surface area contributed by atoms with Crippen LogP contribution in [0.2, 0.25) is 0 Å². The largest absolute Gasteiger partial charge is 0.317 e. The molecular weight excluding hydrogens is 341 g/mol. The molecule has 0 aromatic heterocycles. The monoisotopic (exact) mass is 369 g/mol. The van der Waals surface area contributed by atoms with Crippen molar-refractivity contribution >= 4 is 7.52 Å². The van der Waals surface area contributed by atoms with Crippen LogP contribution in [0.1, 0.15) is 43.4 Å². The van der Waals surface area contributed by atoms with Gasteiger partial charge in [-0.05, 0) is 30.4 Å². The van der Waals surface area contributed by atoms with Gasteiger partial charge < -0.3 is 4.52 Å². The van der Waals surface area contributed by atoms with E-state index in [1.807, 2.05) is 42.5 Å². The molecule has 1 saturated heterocycles. The quantitative estimate of drug-likeness (QED) is 0.440. The molecule has 2 aromatic carbocycles. The van der Waals surface area contributed by atoms with Crippen molar-refractivity contribution in [2.75, 3.05) is 13.2 Å².